The zero-order chi connectivity index (χ0) is 31.7. The first-order valence-electron chi connectivity index (χ1n) is 18.0. The van der Waals surface area contributed by atoms with E-state index in [4.69, 9.17) is 4.42 Å². The first kappa shape index (κ1) is 29.8. The maximum atomic E-state index is 6.61. The summed E-state index contributed by atoms with van der Waals surface area (Å²) < 4.78 is 6.61. The van der Waals surface area contributed by atoms with Gasteiger partial charge >= 0.3 is 0 Å². The topological polar surface area (TPSA) is 13.1 Å². The van der Waals surface area contributed by atoms with Gasteiger partial charge in [-0.25, -0.2) is 0 Å². The highest BCUT2D eigenvalue weighted by Crippen LogP contribution is 2.46. The van der Waals surface area contributed by atoms with Crippen LogP contribution in [0.4, 0.5) is 0 Å². The normalized spacial score (nSPS) is 12.0. The van der Waals surface area contributed by atoms with Gasteiger partial charge in [-0.2, -0.15) is 0 Å². The Balaban J connectivity index is 1.50. The minimum absolute atomic E-state index is 0.960. The monoisotopic (exact) mass is 612 g/mol. The van der Waals surface area contributed by atoms with Gasteiger partial charge in [0.2, 0.25) is 0 Å². The molecule has 8 aromatic rings. The lowest BCUT2D eigenvalue weighted by Crippen LogP contribution is -2.01. The predicted octanol–water partition coefficient (Wildman–Crippen LogP) is 14.1. The molecule has 0 unspecified atom stereocenters. The lowest BCUT2D eigenvalue weighted by Gasteiger charge is -2.22. The second-order valence-electron chi connectivity index (χ2n) is 13.5. The van der Waals surface area contributed by atoms with E-state index >= 15 is 0 Å². The molecule has 0 saturated heterocycles. The van der Waals surface area contributed by atoms with Crippen molar-refractivity contribution >= 4 is 65.0 Å². The highest BCUT2D eigenvalue weighted by molar-refractivity contribution is 6.31. The van der Waals surface area contributed by atoms with Crippen LogP contribution in [0.25, 0.3) is 76.2 Å². The molecular weight excluding hydrogens is 569 g/mol. The van der Waals surface area contributed by atoms with Crippen LogP contribution in [-0.2, 0) is 12.8 Å². The van der Waals surface area contributed by atoms with E-state index in [0.29, 0.717) is 0 Å². The highest BCUT2D eigenvalue weighted by atomic mass is 16.3. The van der Waals surface area contributed by atoms with E-state index in [1.807, 2.05) is 0 Å². The van der Waals surface area contributed by atoms with E-state index in [2.05, 4.69) is 123 Å². The summed E-state index contributed by atoms with van der Waals surface area (Å²) in [6.07, 6.45) is 12.3. The van der Waals surface area contributed by atoms with Crippen LogP contribution in [0, 0.1) is 0 Å². The molecule has 1 heterocycles. The fourth-order valence-corrected chi connectivity index (χ4v) is 8.18. The standard InChI is InChI=1S/C46H44O/c1-3-5-7-10-21-33-28-40-38-29-41-43(47-42-27-26-31-18-14-15-22-34(31)46(41)42)30-39(38)35-23-16-17-24-36(35)45(40)37(25-13-8-6-4-2)44(33)32-19-11-9-12-20-32/h9,11-12,14-20,22-24,26-30H,3-8,10,13,21,25H2,1-2H3. The maximum Gasteiger partial charge on any atom is 0.136 e. The Morgan fingerprint density at radius 2 is 1.13 bits per heavy atom. The second kappa shape index (κ2) is 12.9. The molecule has 0 spiro atoms. The number of hydrogen-bond acceptors (Lipinski definition) is 1. The van der Waals surface area contributed by atoms with Gasteiger partial charge in [-0.1, -0.05) is 137 Å². The van der Waals surface area contributed by atoms with Crippen LogP contribution in [0.5, 0.6) is 0 Å². The maximum absolute atomic E-state index is 6.61. The summed E-state index contributed by atoms with van der Waals surface area (Å²) in [5, 5.41) is 13.1. The Morgan fingerprint density at radius 3 is 1.91 bits per heavy atom. The van der Waals surface area contributed by atoms with Crippen LogP contribution in [0.1, 0.15) is 76.3 Å². The van der Waals surface area contributed by atoms with Crippen LogP contribution in [-0.4, -0.2) is 0 Å². The van der Waals surface area contributed by atoms with Gasteiger partial charge < -0.3 is 4.42 Å². The fraction of sp³-hybridized carbons (Fsp3) is 0.261. The Morgan fingerprint density at radius 1 is 0.447 bits per heavy atom. The third-order valence-electron chi connectivity index (χ3n) is 10.4. The minimum atomic E-state index is 0.960. The van der Waals surface area contributed by atoms with E-state index < -0.39 is 0 Å². The molecule has 0 bridgehead atoms. The first-order valence-corrected chi connectivity index (χ1v) is 18.0. The summed E-state index contributed by atoms with van der Waals surface area (Å²) in [6, 6.07) is 40.8. The highest BCUT2D eigenvalue weighted by Gasteiger charge is 2.21. The van der Waals surface area contributed by atoms with Gasteiger partial charge in [0.1, 0.15) is 11.2 Å². The van der Waals surface area contributed by atoms with Crippen LogP contribution < -0.4 is 0 Å². The molecule has 0 aliphatic heterocycles. The van der Waals surface area contributed by atoms with Crippen molar-refractivity contribution in [2.24, 2.45) is 0 Å². The molecule has 0 atom stereocenters. The Labute approximate surface area is 278 Å². The van der Waals surface area contributed by atoms with Gasteiger partial charge in [0.15, 0.2) is 0 Å². The predicted molar refractivity (Wildman–Crippen MR) is 205 cm³/mol. The summed E-state index contributed by atoms with van der Waals surface area (Å²) in [5.41, 5.74) is 7.81. The molecule has 1 nitrogen and oxygen atoms in total. The van der Waals surface area contributed by atoms with Crippen molar-refractivity contribution in [1.82, 2.24) is 0 Å². The molecule has 1 heteroatoms. The van der Waals surface area contributed by atoms with Crippen molar-refractivity contribution in [2.75, 3.05) is 0 Å². The lowest BCUT2D eigenvalue weighted by molar-refractivity contribution is 0.663. The number of aryl methyl sites for hydroxylation is 2. The van der Waals surface area contributed by atoms with E-state index in [9.17, 15) is 0 Å². The van der Waals surface area contributed by atoms with Crippen molar-refractivity contribution in [2.45, 2.75) is 78.1 Å². The van der Waals surface area contributed by atoms with Gasteiger partial charge in [0.05, 0.1) is 0 Å². The van der Waals surface area contributed by atoms with Crippen molar-refractivity contribution < 1.29 is 4.42 Å². The second-order valence-corrected chi connectivity index (χ2v) is 13.5. The summed E-state index contributed by atoms with van der Waals surface area (Å²) in [4.78, 5) is 0. The molecule has 0 aliphatic rings. The van der Waals surface area contributed by atoms with Crippen molar-refractivity contribution in [3.63, 3.8) is 0 Å². The van der Waals surface area contributed by atoms with E-state index in [1.54, 1.807) is 0 Å². The quantitative estimate of drug-likeness (QED) is 0.105. The average Bonchev–Trinajstić information content (AvgIpc) is 3.49. The number of rotatable bonds is 11. The number of furan rings is 1. The minimum Gasteiger partial charge on any atom is -0.456 e. The average molecular weight is 613 g/mol. The Hall–Kier alpha value is -4.62. The largest absolute Gasteiger partial charge is 0.456 e. The molecule has 0 saturated carbocycles. The molecule has 8 rings (SSSR count). The fourth-order valence-electron chi connectivity index (χ4n) is 8.18. The molecule has 47 heavy (non-hydrogen) atoms. The molecule has 0 fully saturated rings. The Bertz CT molecular complexity index is 2370. The van der Waals surface area contributed by atoms with Crippen molar-refractivity contribution in [3.05, 3.63) is 120 Å². The van der Waals surface area contributed by atoms with Crippen LogP contribution in [0.3, 0.4) is 0 Å². The molecule has 0 radical (unpaired) electrons. The molecule has 234 valence electrons. The van der Waals surface area contributed by atoms with Crippen LogP contribution in [0.15, 0.2) is 114 Å². The van der Waals surface area contributed by atoms with E-state index in [1.165, 1.54) is 127 Å². The van der Waals surface area contributed by atoms with Crippen LogP contribution >= 0.6 is 0 Å². The number of fused-ring (bicyclic) bond motifs is 11. The lowest BCUT2D eigenvalue weighted by atomic mass is 9.82. The van der Waals surface area contributed by atoms with Gasteiger partial charge in [-0.05, 0) is 115 Å². The zero-order valence-electron chi connectivity index (χ0n) is 27.9. The van der Waals surface area contributed by atoms with E-state index in [-0.39, 0.29) is 0 Å². The molecular formula is C46H44O. The SMILES string of the molecule is CCCCCCc1cc2c3cc4c(cc3c3ccccc3c2c(CCCCCC)c1-c1ccccc1)oc1ccc2ccccc2c14. The molecule has 0 aliphatic carbocycles. The van der Waals surface area contributed by atoms with Gasteiger partial charge in [0, 0.05) is 10.8 Å². The van der Waals surface area contributed by atoms with Gasteiger partial charge in [-0.3, -0.25) is 0 Å². The summed E-state index contributed by atoms with van der Waals surface area (Å²) in [5.74, 6) is 0. The van der Waals surface area contributed by atoms with Crippen LogP contribution in [0.2, 0.25) is 0 Å². The molecule has 7 aromatic carbocycles. The smallest absolute Gasteiger partial charge is 0.136 e. The van der Waals surface area contributed by atoms with Crippen molar-refractivity contribution in [1.29, 1.82) is 0 Å². The molecule has 1 aromatic heterocycles. The summed E-state index contributed by atoms with van der Waals surface area (Å²) in [6.45, 7) is 4.62. The Kier molecular flexibility index (Phi) is 8.16. The van der Waals surface area contributed by atoms with Gasteiger partial charge in [-0.15, -0.1) is 0 Å². The van der Waals surface area contributed by atoms with Crippen molar-refractivity contribution in [3.8, 4) is 11.1 Å². The number of unbranched alkanes of at least 4 members (excludes halogenated alkanes) is 6. The number of hydrogen-bond donors (Lipinski definition) is 0. The third kappa shape index (κ3) is 5.27. The number of benzene rings is 7. The third-order valence-corrected chi connectivity index (χ3v) is 10.4. The summed E-state index contributed by atoms with van der Waals surface area (Å²) >= 11 is 0. The van der Waals surface area contributed by atoms with E-state index in [0.717, 1.165) is 24.0 Å². The first-order chi connectivity index (χ1) is 23.3. The molecule has 0 amide bonds. The molecule has 0 N–H and O–H groups in total. The van der Waals surface area contributed by atoms with Gasteiger partial charge in [0.25, 0.3) is 0 Å². The zero-order valence-corrected chi connectivity index (χ0v) is 27.9. The summed E-state index contributed by atoms with van der Waals surface area (Å²) in [7, 11) is 0.